The molecule has 0 aliphatic heterocycles. The molecule has 5 nitrogen and oxygen atoms in total. The number of benzene rings is 1. The highest BCUT2D eigenvalue weighted by molar-refractivity contribution is 6.74. The zero-order valence-electron chi connectivity index (χ0n) is 20.0. The molecule has 6 heteroatoms. The number of hydrogen-bond donors (Lipinski definition) is 0. The first kappa shape index (κ1) is 24.7. The predicted octanol–water partition coefficient (Wildman–Crippen LogP) is 6.17. The van der Waals surface area contributed by atoms with Gasteiger partial charge < -0.3 is 18.6 Å². The monoisotopic (exact) mass is 433 g/mol. The molecule has 0 spiro atoms. The number of rotatable bonds is 10. The Hall–Kier alpha value is -1.55. The van der Waals surface area contributed by atoms with Crippen LogP contribution in [0.25, 0.3) is 0 Å². The fraction of sp³-hybridized carbons (Fsp3) is 0.708. The average molecular weight is 434 g/mol. The highest BCUT2D eigenvalue weighted by Gasteiger charge is 2.42. The third kappa shape index (κ3) is 5.78. The molecule has 0 amide bonds. The second kappa shape index (κ2) is 10.2. The highest BCUT2D eigenvalue weighted by atomic mass is 28.4. The first-order valence-electron chi connectivity index (χ1n) is 10.9. The van der Waals surface area contributed by atoms with Crippen LogP contribution in [0.5, 0.6) is 11.5 Å². The van der Waals surface area contributed by atoms with Crippen LogP contribution in [0.15, 0.2) is 12.1 Å². The van der Waals surface area contributed by atoms with Crippen molar-refractivity contribution in [3.8, 4) is 17.6 Å². The number of nitrogens with zero attached hydrogens (tertiary/aromatic N) is 1. The SMILES string of the molecule is COc1cc([C@@H](O[Si](C)(C)C(C)(C)C)[C@H](CC#N)OCC2CCC2)cc(OC)c1C. The van der Waals surface area contributed by atoms with Crippen molar-refractivity contribution in [2.75, 3.05) is 20.8 Å². The van der Waals surface area contributed by atoms with E-state index in [1.807, 2.05) is 19.1 Å². The van der Waals surface area contributed by atoms with Crippen molar-refractivity contribution in [2.24, 2.45) is 5.92 Å². The Morgan fingerprint density at radius 3 is 2.10 bits per heavy atom. The first-order chi connectivity index (χ1) is 14.0. The van der Waals surface area contributed by atoms with Gasteiger partial charge >= 0.3 is 0 Å². The van der Waals surface area contributed by atoms with Gasteiger partial charge in [-0.1, -0.05) is 27.2 Å². The van der Waals surface area contributed by atoms with Crippen molar-refractivity contribution < 1.29 is 18.6 Å². The molecule has 0 aromatic heterocycles. The van der Waals surface area contributed by atoms with Gasteiger partial charge in [0.2, 0.25) is 0 Å². The maximum Gasteiger partial charge on any atom is 0.193 e. The van der Waals surface area contributed by atoms with Crippen LogP contribution in [0.4, 0.5) is 0 Å². The number of ether oxygens (including phenoxy) is 3. The summed E-state index contributed by atoms with van der Waals surface area (Å²) in [6.07, 6.45) is 3.28. The third-order valence-electron chi connectivity index (χ3n) is 6.73. The molecule has 0 unspecified atom stereocenters. The lowest BCUT2D eigenvalue weighted by molar-refractivity contribution is -0.0519. The summed E-state index contributed by atoms with van der Waals surface area (Å²) in [5.74, 6) is 2.10. The molecule has 0 saturated heterocycles. The summed E-state index contributed by atoms with van der Waals surface area (Å²) < 4.78 is 24.4. The van der Waals surface area contributed by atoms with Gasteiger partial charge in [-0.3, -0.25) is 0 Å². The van der Waals surface area contributed by atoms with E-state index in [1.165, 1.54) is 19.3 Å². The molecule has 0 N–H and O–H groups in total. The van der Waals surface area contributed by atoms with Gasteiger partial charge in [0.25, 0.3) is 0 Å². The highest BCUT2D eigenvalue weighted by Crippen LogP contribution is 2.43. The van der Waals surface area contributed by atoms with E-state index >= 15 is 0 Å². The molecular formula is C24H39NO4Si. The lowest BCUT2D eigenvalue weighted by Gasteiger charge is -2.41. The number of methoxy groups -OCH3 is 2. The van der Waals surface area contributed by atoms with Crippen molar-refractivity contribution in [1.29, 1.82) is 5.26 Å². The minimum atomic E-state index is -2.13. The summed E-state index contributed by atoms with van der Waals surface area (Å²) >= 11 is 0. The van der Waals surface area contributed by atoms with Crippen molar-refractivity contribution in [3.63, 3.8) is 0 Å². The summed E-state index contributed by atoms with van der Waals surface area (Å²) in [6, 6.07) is 6.33. The minimum Gasteiger partial charge on any atom is -0.496 e. The second-order valence-electron chi connectivity index (χ2n) is 9.88. The van der Waals surface area contributed by atoms with E-state index in [4.69, 9.17) is 18.6 Å². The fourth-order valence-electron chi connectivity index (χ4n) is 3.39. The normalized spacial score (nSPS) is 17.0. The molecule has 1 saturated carbocycles. The van der Waals surface area contributed by atoms with E-state index in [0.29, 0.717) is 12.5 Å². The summed E-state index contributed by atoms with van der Waals surface area (Å²) in [7, 11) is 1.19. The lowest BCUT2D eigenvalue weighted by atomic mass is 9.86. The van der Waals surface area contributed by atoms with Gasteiger partial charge in [0.1, 0.15) is 11.5 Å². The van der Waals surface area contributed by atoms with E-state index in [9.17, 15) is 5.26 Å². The molecule has 0 heterocycles. The maximum absolute atomic E-state index is 9.55. The molecule has 168 valence electrons. The fourth-order valence-corrected chi connectivity index (χ4v) is 4.66. The van der Waals surface area contributed by atoms with Crippen molar-refractivity contribution in [1.82, 2.24) is 0 Å². The molecular weight excluding hydrogens is 394 g/mol. The van der Waals surface area contributed by atoms with Gasteiger partial charge in [0, 0.05) is 12.2 Å². The Morgan fingerprint density at radius 2 is 1.70 bits per heavy atom. The zero-order valence-corrected chi connectivity index (χ0v) is 21.0. The van der Waals surface area contributed by atoms with Crippen LogP contribution >= 0.6 is 0 Å². The molecule has 0 bridgehead atoms. The Kier molecular flexibility index (Phi) is 8.38. The first-order valence-corrected chi connectivity index (χ1v) is 13.8. The zero-order chi connectivity index (χ0) is 22.5. The van der Waals surface area contributed by atoms with Gasteiger partial charge in [0.15, 0.2) is 8.32 Å². The minimum absolute atomic E-state index is 0.0370. The number of nitriles is 1. The van der Waals surface area contributed by atoms with E-state index < -0.39 is 8.32 Å². The lowest BCUT2D eigenvalue weighted by Crippen LogP contribution is -2.44. The van der Waals surface area contributed by atoms with E-state index in [2.05, 4.69) is 39.9 Å². The Balaban J connectivity index is 2.47. The summed E-state index contributed by atoms with van der Waals surface area (Å²) in [4.78, 5) is 0. The van der Waals surface area contributed by atoms with Gasteiger partial charge in [-0.15, -0.1) is 0 Å². The molecule has 2 atom stereocenters. The topological polar surface area (TPSA) is 60.7 Å². The molecule has 2 rings (SSSR count). The van der Waals surface area contributed by atoms with Crippen LogP contribution in [0.2, 0.25) is 18.1 Å². The average Bonchev–Trinajstić information content (AvgIpc) is 2.63. The van der Waals surface area contributed by atoms with Crippen LogP contribution < -0.4 is 9.47 Å². The van der Waals surface area contributed by atoms with Crippen molar-refractivity contribution in [3.05, 3.63) is 23.3 Å². The summed E-state index contributed by atoms with van der Waals surface area (Å²) in [5, 5.41) is 9.59. The molecule has 1 aliphatic rings. The second-order valence-corrected chi connectivity index (χ2v) is 14.6. The van der Waals surface area contributed by atoms with Crippen LogP contribution in [-0.4, -0.2) is 35.2 Å². The van der Waals surface area contributed by atoms with Crippen LogP contribution in [0.1, 0.15) is 63.7 Å². The van der Waals surface area contributed by atoms with E-state index in [-0.39, 0.29) is 23.7 Å². The molecule has 1 aliphatic carbocycles. The summed E-state index contributed by atoms with van der Waals surface area (Å²) in [6.45, 7) is 13.8. The Bertz CT molecular complexity index is 722. The summed E-state index contributed by atoms with van der Waals surface area (Å²) in [5.41, 5.74) is 1.88. The van der Waals surface area contributed by atoms with Crippen molar-refractivity contribution in [2.45, 2.75) is 83.7 Å². The van der Waals surface area contributed by atoms with Gasteiger partial charge in [0.05, 0.1) is 38.9 Å². The quantitative estimate of drug-likeness (QED) is 0.413. The largest absolute Gasteiger partial charge is 0.496 e. The standard InChI is InChI=1S/C24H39NO4Si/c1-17-21(26-5)14-19(15-22(17)27-6)23(29-30(7,8)24(2,3)4)20(12-13-25)28-16-18-10-9-11-18/h14-15,18,20,23H,9-12,16H2,1-8H3/t20-,23+/m0/s1. The van der Waals surface area contributed by atoms with Gasteiger partial charge in [-0.05, 0) is 61.5 Å². The molecule has 0 radical (unpaired) electrons. The molecule has 1 aromatic carbocycles. The molecule has 30 heavy (non-hydrogen) atoms. The smallest absolute Gasteiger partial charge is 0.193 e. The van der Waals surface area contributed by atoms with Gasteiger partial charge in [-0.2, -0.15) is 5.26 Å². The van der Waals surface area contributed by atoms with Crippen LogP contribution in [0, 0.1) is 24.2 Å². The van der Waals surface area contributed by atoms with E-state index in [1.54, 1.807) is 14.2 Å². The maximum atomic E-state index is 9.55. The van der Waals surface area contributed by atoms with Crippen LogP contribution in [-0.2, 0) is 9.16 Å². The van der Waals surface area contributed by atoms with Crippen molar-refractivity contribution >= 4 is 8.32 Å². The predicted molar refractivity (Wildman–Crippen MR) is 123 cm³/mol. The Morgan fingerprint density at radius 1 is 1.13 bits per heavy atom. The Labute approximate surface area is 183 Å². The molecule has 1 aromatic rings. The van der Waals surface area contributed by atoms with E-state index in [0.717, 1.165) is 22.6 Å². The van der Waals surface area contributed by atoms with Gasteiger partial charge in [-0.25, -0.2) is 0 Å². The van der Waals surface area contributed by atoms with Crippen LogP contribution in [0.3, 0.4) is 0 Å². The third-order valence-corrected chi connectivity index (χ3v) is 11.2. The number of hydrogen-bond acceptors (Lipinski definition) is 5. The molecule has 1 fully saturated rings.